The first-order valence-corrected chi connectivity index (χ1v) is 13.6. The highest BCUT2D eigenvalue weighted by molar-refractivity contribution is 7.18. The van der Waals surface area contributed by atoms with E-state index < -0.39 is 0 Å². The molecule has 2 aromatic carbocycles. The van der Waals surface area contributed by atoms with Crippen LogP contribution in [0.4, 0.5) is 10.7 Å². The molecule has 1 amide bonds. The maximum absolute atomic E-state index is 12.7. The molecule has 1 N–H and O–H groups in total. The molecule has 0 bridgehead atoms. The molecule has 2 aliphatic rings. The molecule has 3 aromatic rings. The average molecular weight is 474 g/mol. The van der Waals surface area contributed by atoms with Crippen LogP contribution >= 0.6 is 11.3 Å². The van der Waals surface area contributed by atoms with E-state index in [1.54, 1.807) is 11.3 Å². The van der Waals surface area contributed by atoms with E-state index in [0.29, 0.717) is 0 Å². The number of nitrogens with one attached hydrogen (secondary N) is 1. The van der Waals surface area contributed by atoms with Crippen LogP contribution < -0.4 is 10.2 Å². The number of benzene rings is 2. The Labute approximate surface area is 207 Å². The molecule has 1 saturated heterocycles. The molecule has 3 heterocycles. The van der Waals surface area contributed by atoms with Gasteiger partial charge in [0.05, 0.1) is 9.88 Å². The summed E-state index contributed by atoms with van der Waals surface area (Å²) in [6, 6.07) is 23.6. The van der Waals surface area contributed by atoms with Gasteiger partial charge >= 0.3 is 0 Å². The van der Waals surface area contributed by atoms with Gasteiger partial charge < -0.3 is 15.1 Å². The predicted molar refractivity (Wildman–Crippen MR) is 142 cm³/mol. The van der Waals surface area contributed by atoms with Crippen LogP contribution in [0.25, 0.3) is 0 Å². The monoisotopic (exact) mass is 473 g/mol. The number of thiophene rings is 1. The summed E-state index contributed by atoms with van der Waals surface area (Å²) >= 11 is 1.60. The topological polar surface area (TPSA) is 35.6 Å². The van der Waals surface area contributed by atoms with Gasteiger partial charge in [0.2, 0.25) is 0 Å². The zero-order valence-electron chi connectivity index (χ0n) is 19.9. The number of likely N-dealkylation sites (tertiary alicyclic amines) is 1. The summed E-state index contributed by atoms with van der Waals surface area (Å²) in [5, 5.41) is 4.30. The first kappa shape index (κ1) is 23.1. The molecule has 5 heteroatoms. The van der Waals surface area contributed by atoms with Gasteiger partial charge in [-0.15, -0.1) is 11.3 Å². The minimum atomic E-state index is 0.0584. The Hall–Kier alpha value is -2.63. The molecule has 0 unspecified atom stereocenters. The Morgan fingerprint density at radius 1 is 0.941 bits per heavy atom. The fraction of sp³-hybridized carbons (Fsp3) is 0.414. The number of para-hydroxylation sites is 1. The molecule has 178 valence electrons. The van der Waals surface area contributed by atoms with Crippen molar-refractivity contribution in [3.63, 3.8) is 0 Å². The normalized spacial score (nSPS) is 16.9. The number of amides is 1. The Bertz CT molecular complexity index is 1070. The summed E-state index contributed by atoms with van der Waals surface area (Å²) in [7, 11) is 0. The summed E-state index contributed by atoms with van der Waals surface area (Å²) in [6.07, 6.45) is 7.05. The van der Waals surface area contributed by atoms with E-state index in [1.165, 1.54) is 49.2 Å². The lowest BCUT2D eigenvalue weighted by Crippen LogP contribution is -2.36. The number of hydrogen-bond donors (Lipinski definition) is 1. The molecule has 0 aliphatic carbocycles. The second-order valence-electron chi connectivity index (χ2n) is 9.61. The van der Waals surface area contributed by atoms with Gasteiger partial charge in [-0.25, -0.2) is 0 Å². The van der Waals surface area contributed by atoms with Crippen molar-refractivity contribution in [3.8, 4) is 0 Å². The SMILES string of the molecule is O=C(NCCCN1CCC(Cc2ccccc2)CC1)c1ccc(N2CCCc3ccccc32)s1. The van der Waals surface area contributed by atoms with Crippen molar-refractivity contribution in [2.75, 3.05) is 37.6 Å². The third kappa shape index (κ3) is 5.70. The lowest BCUT2D eigenvalue weighted by molar-refractivity contribution is 0.0954. The van der Waals surface area contributed by atoms with E-state index in [1.807, 2.05) is 6.07 Å². The molecule has 0 saturated carbocycles. The van der Waals surface area contributed by atoms with Crippen LogP contribution in [-0.2, 0) is 12.8 Å². The van der Waals surface area contributed by atoms with Crippen molar-refractivity contribution in [3.05, 3.63) is 82.7 Å². The lowest BCUT2D eigenvalue weighted by atomic mass is 9.90. The molecule has 0 atom stereocenters. The van der Waals surface area contributed by atoms with Crippen LogP contribution in [0, 0.1) is 5.92 Å². The van der Waals surface area contributed by atoms with E-state index >= 15 is 0 Å². The van der Waals surface area contributed by atoms with Crippen molar-refractivity contribution in [2.45, 2.75) is 38.5 Å². The fourth-order valence-electron chi connectivity index (χ4n) is 5.31. The molecular weight excluding hydrogens is 438 g/mol. The molecule has 1 fully saturated rings. The van der Waals surface area contributed by atoms with Crippen LogP contribution in [0.5, 0.6) is 0 Å². The Balaban J connectivity index is 1.03. The number of piperidine rings is 1. The highest BCUT2D eigenvalue weighted by atomic mass is 32.1. The standard InChI is InChI=1S/C29H35N3OS/c33-29(27-13-14-28(34-27)32-19-6-11-25-10-4-5-12-26(25)32)30-17-7-18-31-20-15-24(16-21-31)22-23-8-2-1-3-9-23/h1-5,8-10,12-14,24H,6-7,11,15-22H2,(H,30,33). The van der Waals surface area contributed by atoms with Crippen molar-refractivity contribution in [1.29, 1.82) is 0 Å². The second-order valence-corrected chi connectivity index (χ2v) is 10.7. The maximum atomic E-state index is 12.7. The minimum Gasteiger partial charge on any atom is -0.351 e. The Morgan fingerprint density at radius 3 is 2.59 bits per heavy atom. The molecule has 4 nitrogen and oxygen atoms in total. The number of nitrogens with zero attached hydrogens (tertiary/aromatic N) is 2. The first-order valence-electron chi connectivity index (χ1n) is 12.8. The van der Waals surface area contributed by atoms with Gasteiger partial charge in [-0.2, -0.15) is 0 Å². The van der Waals surface area contributed by atoms with E-state index in [4.69, 9.17) is 0 Å². The molecule has 0 radical (unpaired) electrons. The third-order valence-corrected chi connectivity index (χ3v) is 8.31. The summed E-state index contributed by atoms with van der Waals surface area (Å²) in [4.78, 5) is 18.4. The van der Waals surface area contributed by atoms with E-state index in [9.17, 15) is 4.79 Å². The van der Waals surface area contributed by atoms with Gasteiger partial charge in [0.25, 0.3) is 5.91 Å². The smallest absolute Gasteiger partial charge is 0.261 e. The van der Waals surface area contributed by atoms with Crippen LogP contribution in [0.15, 0.2) is 66.7 Å². The number of carbonyl (C=O) groups excluding carboxylic acids is 1. The highest BCUT2D eigenvalue weighted by Gasteiger charge is 2.21. The largest absolute Gasteiger partial charge is 0.351 e. The number of hydrogen-bond acceptors (Lipinski definition) is 4. The molecule has 0 spiro atoms. The number of anilines is 2. The van der Waals surface area contributed by atoms with Crippen molar-refractivity contribution < 1.29 is 4.79 Å². The Kier molecular flexibility index (Phi) is 7.62. The van der Waals surface area contributed by atoms with E-state index in [0.717, 1.165) is 54.7 Å². The number of carbonyl (C=O) groups is 1. The van der Waals surface area contributed by atoms with Gasteiger partial charge in [0.15, 0.2) is 0 Å². The number of aryl methyl sites for hydroxylation is 1. The summed E-state index contributed by atoms with van der Waals surface area (Å²) in [6.45, 7) is 5.18. The lowest BCUT2D eigenvalue weighted by Gasteiger charge is -2.32. The van der Waals surface area contributed by atoms with Gasteiger partial charge in [-0.3, -0.25) is 4.79 Å². The molecule has 34 heavy (non-hydrogen) atoms. The van der Waals surface area contributed by atoms with Crippen molar-refractivity contribution in [2.24, 2.45) is 5.92 Å². The zero-order valence-corrected chi connectivity index (χ0v) is 20.7. The van der Waals surface area contributed by atoms with Gasteiger partial charge in [0, 0.05) is 18.8 Å². The van der Waals surface area contributed by atoms with Gasteiger partial charge in [-0.1, -0.05) is 48.5 Å². The van der Waals surface area contributed by atoms with Crippen molar-refractivity contribution >= 4 is 27.9 Å². The van der Waals surface area contributed by atoms with Crippen LogP contribution in [-0.4, -0.2) is 43.5 Å². The summed E-state index contributed by atoms with van der Waals surface area (Å²) in [5.74, 6) is 0.862. The third-order valence-electron chi connectivity index (χ3n) is 7.20. The number of rotatable bonds is 8. The van der Waals surface area contributed by atoms with Crippen LogP contribution in [0.1, 0.15) is 46.5 Å². The van der Waals surface area contributed by atoms with Gasteiger partial charge in [-0.05, 0) is 93.4 Å². The van der Waals surface area contributed by atoms with E-state index in [2.05, 4.69) is 75.8 Å². The van der Waals surface area contributed by atoms with Crippen LogP contribution in [0.3, 0.4) is 0 Å². The highest BCUT2D eigenvalue weighted by Crippen LogP contribution is 2.37. The average Bonchev–Trinajstić information content (AvgIpc) is 3.38. The quantitative estimate of drug-likeness (QED) is 0.413. The summed E-state index contributed by atoms with van der Waals surface area (Å²) in [5.41, 5.74) is 4.15. The van der Waals surface area contributed by atoms with Crippen molar-refractivity contribution in [1.82, 2.24) is 10.2 Å². The van der Waals surface area contributed by atoms with E-state index in [-0.39, 0.29) is 5.91 Å². The molecular formula is C29H35N3OS. The molecule has 2 aliphatic heterocycles. The van der Waals surface area contributed by atoms with Gasteiger partial charge in [0.1, 0.15) is 0 Å². The summed E-state index contributed by atoms with van der Waals surface area (Å²) < 4.78 is 0. The predicted octanol–water partition coefficient (Wildman–Crippen LogP) is 5.91. The molecule has 5 rings (SSSR count). The number of fused-ring (bicyclic) bond motifs is 1. The minimum absolute atomic E-state index is 0.0584. The fourth-order valence-corrected chi connectivity index (χ4v) is 6.27. The first-order chi connectivity index (χ1) is 16.8. The Morgan fingerprint density at radius 2 is 1.74 bits per heavy atom. The second kappa shape index (κ2) is 11.2. The van der Waals surface area contributed by atoms with Crippen LogP contribution in [0.2, 0.25) is 0 Å². The zero-order chi connectivity index (χ0) is 23.2. The maximum Gasteiger partial charge on any atom is 0.261 e. The molecule has 1 aromatic heterocycles.